The number of hydrogen-bond acceptors (Lipinski definition) is 6. The van der Waals surface area contributed by atoms with Crippen molar-refractivity contribution in [2.75, 3.05) is 0 Å². The number of esters is 3. The molecule has 0 heterocycles. The number of carbonyl (C=O) groups is 3. The molecule has 282 valence electrons. The first-order valence-electron chi connectivity index (χ1n) is 20.5. The molecule has 6 heteroatoms. The molecule has 3 atom stereocenters. The Labute approximate surface area is 301 Å². The molecule has 0 aromatic heterocycles. The topological polar surface area (TPSA) is 78.9 Å². The lowest BCUT2D eigenvalue weighted by Gasteiger charge is -2.17. The zero-order chi connectivity index (χ0) is 36.3. The van der Waals surface area contributed by atoms with E-state index in [2.05, 4.69) is 41.5 Å². The van der Waals surface area contributed by atoms with E-state index in [9.17, 15) is 14.4 Å². The van der Waals surface area contributed by atoms with E-state index in [-0.39, 0.29) is 35.2 Å². The first kappa shape index (κ1) is 44.7. The molecule has 0 amide bonds. The minimum absolute atomic E-state index is 0.238. The van der Waals surface area contributed by atoms with Crippen LogP contribution in [0.4, 0.5) is 0 Å². The highest BCUT2D eigenvalue weighted by molar-refractivity contribution is 5.77. The quantitative estimate of drug-likeness (QED) is 0.0455. The lowest BCUT2D eigenvalue weighted by Crippen LogP contribution is -2.15. The van der Waals surface area contributed by atoms with Crippen LogP contribution in [0.1, 0.15) is 201 Å². The largest absolute Gasteiger partial charge is 0.426 e. The molecule has 1 rings (SSSR count). The average Bonchev–Trinajstić information content (AvgIpc) is 3.09. The second kappa shape index (κ2) is 28.3. The predicted molar refractivity (Wildman–Crippen MR) is 203 cm³/mol. The zero-order valence-electron chi connectivity index (χ0n) is 32.8. The Hall–Kier alpha value is -2.37. The molecule has 0 aliphatic carbocycles. The molecule has 0 N–H and O–H groups in total. The maximum atomic E-state index is 13.1. The van der Waals surface area contributed by atoms with Crippen molar-refractivity contribution in [3.63, 3.8) is 0 Å². The molecule has 0 spiro atoms. The minimum atomic E-state index is -0.326. The summed E-state index contributed by atoms with van der Waals surface area (Å²) in [6.07, 6.45) is 24.5. The van der Waals surface area contributed by atoms with Gasteiger partial charge in [0.1, 0.15) is 17.2 Å². The normalized spacial score (nSPS) is 13.1. The van der Waals surface area contributed by atoms with E-state index in [1.165, 1.54) is 77.0 Å². The van der Waals surface area contributed by atoms with Gasteiger partial charge < -0.3 is 14.2 Å². The molecule has 0 aliphatic rings. The Kier molecular flexibility index (Phi) is 25.8. The molecule has 1 aromatic rings. The van der Waals surface area contributed by atoms with E-state index >= 15 is 0 Å². The van der Waals surface area contributed by atoms with Gasteiger partial charge in [0.05, 0.1) is 0 Å². The third-order valence-electron chi connectivity index (χ3n) is 10.4. The molecule has 3 unspecified atom stereocenters. The SMILES string of the molecule is CCCCCCC(CC)CCC(=O)Oc1cc(OC(=O)CCC(CC)CCCCCC)c(C)c(OC(=O)CCC(CC)CCCCCC)c1. The highest BCUT2D eigenvalue weighted by atomic mass is 16.6. The van der Waals surface area contributed by atoms with Crippen molar-refractivity contribution in [2.24, 2.45) is 17.8 Å². The summed E-state index contributed by atoms with van der Waals surface area (Å²) in [4.78, 5) is 39.1. The van der Waals surface area contributed by atoms with Crippen molar-refractivity contribution in [2.45, 2.75) is 203 Å². The van der Waals surface area contributed by atoms with Crippen molar-refractivity contribution in [1.29, 1.82) is 0 Å². The molecule has 6 nitrogen and oxygen atoms in total. The van der Waals surface area contributed by atoms with Crippen molar-refractivity contribution >= 4 is 17.9 Å². The zero-order valence-corrected chi connectivity index (χ0v) is 32.8. The van der Waals surface area contributed by atoms with Crippen molar-refractivity contribution in [3.05, 3.63) is 17.7 Å². The molecule has 0 bridgehead atoms. The van der Waals surface area contributed by atoms with Gasteiger partial charge in [0.2, 0.25) is 0 Å². The second-order valence-corrected chi connectivity index (χ2v) is 14.5. The second-order valence-electron chi connectivity index (χ2n) is 14.5. The molecule has 0 saturated carbocycles. The highest BCUT2D eigenvalue weighted by Crippen LogP contribution is 2.35. The summed E-state index contributed by atoms with van der Waals surface area (Å²) in [5.41, 5.74) is 0.554. The van der Waals surface area contributed by atoms with E-state index in [1.807, 2.05) is 0 Å². The number of ether oxygens (including phenoxy) is 3. The Morgan fingerprint density at radius 1 is 0.469 bits per heavy atom. The van der Waals surface area contributed by atoms with Crippen LogP contribution in [0.15, 0.2) is 12.1 Å². The summed E-state index contributed by atoms with van der Waals surface area (Å²) >= 11 is 0. The van der Waals surface area contributed by atoms with Crippen molar-refractivity contribution in [3.8, 4) is 17.2 Å². The molecule has 0 radical (unpaired) electrons. The number of benzene rings is 1. The standard InChI is InChI=1S/C43H74O6/c1-8-14-17-20-23-35(11-4)26-29-41(44)47-38-32-39(48-42(45)30-27-36(12-5)24-21-18-15-9-2)34(7)40(33-38)49-43(46)31-28-37(13-6)25-22-19-16-10-3/h32-33,35-37H,8-31H2,1-7H3. The smallest absolute Gasteiger partial charge is 0.311 e. The third-order valence-corrected chi connectivity index (χ3v) is 10.4. The monoisotopic (exact) mass is 687 g/mol. The van der Waals surface area contributed by atoms with E-state index in [1.54, 1.807) is 19.1 Å². The van der Waals surface area contributed by atoms with Gasteiger partial charge in [0, 0.05) is 37.0 Å². The van der Waals surface area contributed by atoms with Gasteiger partial charge in [-0.1, -0.05) is 157 Å². The Balaban J connectivity index is 3.00. The summed E-state index contributed by atoms with van der Waals surface area (Å²) in [6, 6.07) is 3.19. The molecule has 0 fully saturated rings. The fraction of sp³-hybridized carbons (Fsp3) is 0.791. The van der Waals surface area contributed by atoms with Crippen molar-refractivity contribution < 1.29 is 28.6 Å². The van der Waals surface area contributed by atoms with Crippen LogP contribution >= 0.6 is 0 Å². The van der Waals surface area contributed by atoms with Crippen LogP contribution in [-0.2, 0) is 14.4 Å². The van der Waals surface area contributed by atoms with Gasteiger partial charge in [-0.05, 0) is 43.9 Å². The lowest BCUT2D eigenvalue weighted by molar-refractivity contribution is -0.135. The van der Waals surface area contributed by atoms with E-state index in [0.29, 0.717) is 42.6 Å². The molecule has 1 aromatic carbocycles. The predicted octanol–water partition coefficient (Wildman–Crippen LogP) is 13.0. The summed E-state index contributed by atoms with van der Waals surface area (Å²) in [5, 5.41) is 0. The summed E-state index contributed by atoms with van der Waals surface area (Å²) in [5.74, 6) is 1.30. The van der Waals surface area contributed by atoms with Gasteiger partial charge in [-0.2, -0.15) is 0 Å². The van der Waals surface area contributed by atoms with Gasteiger partial charge >= 0.3 is 17.9 Å². The van der Waals surface area contributed by atoms with Gasteiger partial charge in [0.15, 0.2) is 0 Å². The van der Waals surface area contributed by atoms with Gasteiger partial charge in [0.25, 0.3) is 0 Å². The molecule has 0 saturated heterocycles. The first-order chi connectivity index (χ1) is 23.7. The lowest BCUT2D eigenvalue weighted by atomic mass is 9.93. The van der Waals surface area contributed by atoms with E-state index < -0.39 is 0 Å². The van der Waals surface area contributed by atoms with Gasteiger partial charge in [-0.3, -0.25) is 14.4 Å². The minimum Gasteiger partial charge on any atom is -0.426 e. The Morgan fingerprint density at radius 2 is 0.796 bits per heavy atom. The highest BCUT2D eigenvalue weighted by Gasteiger charge is 2.20. The van der Waals surface area contributed by atoms with Gasteiger partial charge in [-0.15, -0.1) is 0 Å². The maximum Gasteiger partial charge on any atom is 0.311 e. The average molecular weight is 687 g/mol. The number of carbonyl (C=O) groups excluding carboxylic acids is 3. The molecular formula is C43H74O6. The fourth-order valence-corrected chi connectivity index (χ4v) is 6.64. The maximum absolute atomic E-state index is 13.1. The van der Waals surface area contributed by atoms with Crippen LogP contribution in [0.3, 0.4) is 0 Å². The summed E-state index contributed by atoms with van der Waals surface area (Å²) in [6.45, 7) is 15.0. The number of unbranched alkanes of at least 4 members (excludes halogenated alkanes) is 9. The Morgan fingerprint density at radius 3 is 1.10 bits per heavy atom. The Bertz CT molecular complexity index is 974. The molecule has 49 heavy (non-hydrogen) atoms. The van der Waals surface area contributed by atoms with Crippen LogP contribution < -0.4 is 14.2 Å². The first-order valence-corrected chi connectivity index (χ1v) is 20.5. The summed E-state index contributed by atoms with van der Waals surface area (Å²) in [7, 11) is 0. The van der Waals surface area contributed by atoms with Crippen molar-refractivity contribution in [1.82, 2.24) is 0 Å². The van der Waals surface area contributed by atoms with Gasteiger partial charge in [-0.25, -0.2) is 0 Å². The summed E-state index contributed by atoms with van der Waals surface area (Å²) < 4.78 is 17.5. The molecule has 0 aliphatic heterocycles. The van der Waals surface area contributed by atoms with Crippen LogP contribution in [-0.4, -0.2) is 17.9 Å². The van der Waals surface area contributed by atoms with Crippen LogP contribution in [0.2, 0.25) is 0 Å². The van der Waals surface area contributed by atoms with Crippen LogP contribution in [0.5, 0.6) is 17.2 Å². The van der Waals surface area contributed by atoms with E-state index in [4.69, 9.17) is 14.2 Å². The number of hydrogen-bond donors (Lipinski definition) is 0. The fourth-order valence-electron chi connectivity index (χ4n) is 6.64. The van der Waals surface area contributed by atoms with E-state index in [0.717, 1.165) is 57.8 Å². The van der Waals surface area contributed by atoms with Crippen LogP contribution in [0, 0.1) is 24.7 Å². The van der Waals surface area contributed by atoms with Crippen LogP contribution in [0.25, 0.3) is 0 Å². The number of rotatable bonds is 30. The third kappa shape index (κ3) is 20.8. The molecular weight excluding hydrogens is 612 g/mol.